The van der Waals surface area contributed by atoms with Crippen molar-refractivity contribution in [2.45, 2.75) is 45.2 Å². The van der Waals surface area contributed by atoms with Crippen LogP contribution in [0.3, 0.4) is 0 Å². The van der Waals surface area contributed by atoms with Crippen LogP contribution in [0.1, 0.15) is 36.9 Å². The number of nitrogens with zero attached hydrogens (tertiary/aromatic N) is 2. The molecule has 2 aromatic rings. The van der Waals surface area contributed by atoms with Gasteiger partial charge in [-0.1, -0.05) is 43.2 Å². The van der Waals surface area contributed by atoms with Crippen molar-refractivity contribution < 1.29 is 9.53 Å². The molecule has 6 nitrogen and oxygen atoms in total. The van der Waals surface area contributed by atoms with Gasteiger partial charge in [0.05, 0.1) is 13.3 Å². The van der Waals surface area contributed by atoms with Gasteiger partial charge in [-0.25, -0.2) is 0 Å². The molecule has 2 heterocycles. The summed E-state index contributed by atoms with van der Waals surface area (Å²) >= 11 is 0. The molecule has 29 heavy (non-hydrogen) atoms. The Labute approximate surface area is 172 Å². The molecule has 6 heteroatoms. The quantitative estimate of drug-likeness (QED) is 0.744. The number of carbonyl (C=O) groups is 1. The van der Waals surface area contributed by atoms with Crippen molar-refractivity contribution in [2.75, 3.05) is 26.7 Å². The lowest BCUT2D eigenvalue weighted by Gasteiger charge is -2.23. The molecule has 0 radical (unpaired) electrons. The summed E-state index contributed by atoms with van der Waals surface area (Å²) in [4.78, 5) is 27.2. The van der Waals surface area contributed by atoms with Gasteiger partial charge in [-0.05, 0) is 37.9 Å². The molecule has 1 aliphatic rings. The number of pyridine rings is 1. The van der Waals surface area contributed by atoms with Crippen molar-refractivity contribution in [2.24, 2.45) is 0 Å². The Morgan fingerprint density at radius 2 is 1.83 bits per heavy atom. The topological polar surface area (TPSA) is 63.6 Å². The number of hydrogen-bond acceptors (Lipinski definition) is 4. The highest BCUT2D eigenvalue weighted by Gasteiger charge is 2.15. The number of ether oxygens (including phenoxy) is 1. The zero-order valence-corrected chi connectivity index (χ0v) is 17.2. The van der Waals surface area contributed by atoms with Gasteiger partial charge in [0.15, 0.2) is 5.75 Å². The van der Waals surface area contributed by atoms with E-state index in [2.05, 4.69) is 22.3 Å². The molecule has 0 spiro atoms. The minimum Gasteiger partial charge on any atom is -0.491 e. The van der Waals surface area contributed by atoms with Crippen LogP contribution < -0.4 is 15.5 Å². The molecule has 1 N–H and O–H groups in total. The summed E-state index contributed by atoms with van der Waals surface area (Å²) in [5.41, 5.74) is 1.91. The molecular formula is C23H31N3O3. The standard InChI is InChI=1S/C23H31N3O3/c1-29-22-17-26(18-23(28)24-12-11-19-9-5-4-6-10-19)20(15-21(22)27)16-25-13-7-2-3-8-14-25/h4-6,9-10,15,17H,2-3,7-8,11-14,16,18H2,1H3,(H,24,28). The van der Waals surface area contributed by atoms with Crippen LogP contribution in [-0.2, 0) is 24.3 Å². The highest BCUT2D eigenvalue weighted by Crippen LogP contribution is 2.14. The minimum atomic E-state index is -0.141. The Morgan fingerprint density at radius 3 is 2.52 bits per heavy atom. The predicted molar refractivity (Wildman–Crippen MR) is 114 cm³/mol. The first-order valence-corrected chi connectivity index (χ1v) is 10.5. The normalized spacial score (nSPS) is 14.9. The highest BCUT2D eigenvalue weighted by molar-refractivity contribution is 5.75. The van der Waals surface area contributed by atoms with E-state index in [0.29, 0.717) is 13.1 Å². The number of likely N-dealkylation sites (tertiary alicyclic amines) is 1. The van der Waals surface area contributed by atoms with Crippen LogP contribution in [0.15, 0.2) is 47.4 Å². The SMILES string of the molecule is COc1cn(CC(=O)NCCc2ccccc2)c(CN2CCCCCC2)cc1=O. The third-order valence-corrected chi connectivity index (χ3v) is 5.38. The number of hydrogen-bond donors (Lipinski definition) is 1. The number of nitrogens with one attached hydrogen (secondary N) is 1. The molecule has 0 aliphatic carbocycles. The summed E-state index contributed by atoms with van der Waals surface area (Å²) in [6.45, 7) is 3.50. The average molecular weight is 398 g/mol. The van der Waals surface area contributed by atoms with E-state index < -0.39 is 0 Å². The second kappa shape index (κ2) is 10.8. The summed E-state index contributed by atoms with van der Waals surface area (Å²) in [7, 11) is 1.48. The van der Waals surface area contributed by atoms with Crippen LogP contribution in [0.25, 0.3) is 0 Å². The zero-order valence-electron chi connectivity index (χ0n) is 17.2. The monoisotopic (exact) mass is 397 g/mol. The maximum Gasteiger partial charge on any atom is 0.239 e. The van der Waals surface area contributed by atoms with Crippen molar-refractivity contribution >= 4 is 5.91 Å². The second-order valence-electron chi connectivity index (χ2n) is 7.60. The number of amides is 1. The van der Waals surface area contributed by atoms with Crippen molar-refractivity contribution in [3.8, 4) is 5.75 Å². The number of carbonyl (C=O) groups excluding carboxylic acids is 1. The van der Waals surface area contributed by atoms with E-state index in [0.717, 1.165) is 25.2 Å². The number of rotatable bonds is 8. The molecule has 0 saturated carbocycles. The smallest absolute Gasteiger partial charge is 0.239 e. The Kier molecular flexibility index (Phi) is 7.87. The molecule has 1 fully saturated rings. The fourth-order valence-electron chi connectivity index (χ4n) is 3.76. The largest absolute Gasteiger partial charge is 0.491 e. The van der Waals surface area contributed by atoms with E-state index in [1.807, 2.05) is 22.8 Å². The lowest BCUT2D eigenvalue weighted by molar-refractivity contribution is -0.121. The number of methoxy groups -OCH3 is 1. The van der Waals surface area contributed by atoms with Gasteiger partial charge in [-0.2, -0.15) is 0 Å². The van der Waals surface area contributed by atoms with Gasteiger partial charge >= 0.3 is 0 Å². The summed E-state index contributed by atoms with van der Waals surface area (Å²) in [5.74, 6) is 0.199. The maximum absolute atomic E-state index is 12.5. The zero-order chi connectivity index (χ0) is 20.5. The molecule has 1 aliphatic heterocycles. The molecule has 156 valence electrons. The van der Waals surface area contributed by atoms with E-state index in [1.54, 1.807) is 12.3 Å². The van der Waals surface area contributed by atoms with Gasteiger partial charge in [-0.3, -0.25) is 14.5 Å². The Morgan fingerprint density at radius 1 is 1.10 bits per heavy atom. The van der Waals surface area contributed by atoms with Crippen LogP contribution in [0, 0.1) is 0 Å². The summed E-state index contributed by atoms with van der Waals surface area (Å²) in [6.07, 6.45) is 7.33. The first-order chi connectivity index (χ1) is 14.2. The van der Waals surface area contributed by atoms with Gasteiger partial charge in [0, 0.05) is 24.8 Å². The van der Waals surface area contributed by atoms with Crippen LogP contribution >= 0.6 is 0 Å². The van der Waals surface area contributed by atoms with Gasteiger partial charge in [0.25, 0.3) is 0 Å². The van der Waals surface area contributed by atoms with E-state index in [-0.39, 0.29) is 23.6 Å². The Balaban J connectivity index is 1.65. The van der Waals surface area contributed by atoms with E-state index >= 15 is 0 Å². The van der Waals surface area contributed by atoms with Crippen LogP contribution in [0.2, 0.25) is 0 Å². The molecule has 0 atom stereocenters. The van der Waals surface area contributed by atoms with E-state index in [9.17, 15) is 9.59 Å². The predicted octanol–water partition coefficient (Wildman–Crippen LogP) is 2.59. The fraction of sp³-hybridized carbons (Fsp3) is 0.478. The maximum atomic E-state index is 12.5. The molecule has 1 amide bonds. The molecule has 1 aromatic heterocycles. The summed E-state index contributed by atoms with van der Waals surface area (Å²) in [5, 5.41) is 2.98. The number of aromatic nitrogens is 1. The first kappa shape index (κ1) is 21.1. The molecule has 0 unspecified atom stereocenters. The van der Waals surface area contributed by atoms with Crippen molar-refractivity contribution in [3.63, 3.8) is 0 Å². The average Bonchev–Trinajstić information content (AvgIpc) is 2.99. The van der Waals surface area contributed by atoms with Crippen molar-refractivity contribution in [1.82, 2.24) is 14.8 Å². The molecular weight excluding hydrogens is 366 g/mol. The van der Waals surface area contributed by atoms with Crippen LogP contribution in [0.4, 0.5) is 0 Å². The third-order valence-electron chi connectivity index (χ3n) is 5.38. The van der Waals surface area contributed by atoms with Crippen molar-refractivity contribution in [1.29, 1.82) is 0 Å². The van der Waals surface area contributed by atoms with Crippen LogP contribution in [-0.4, -0.2) is 42.1 Å². The summed E-state index contributed by atoms with van der Waals surface area (Å²) < 4.78 is 7.04. The number of benzene rings is 1. The molecule has 3 rings (SSSR count). The Bertz CT molecular complexity index is 840. The van der Waals surface area contributed by atoms with Gasteiger partial charge in [0.2, 0.25) is 11.3 Å². The first-order valence-electron chi connectivity index (χ1n) is 10.5. The fourth-order valence-corrected chi connectivity index (χ4v) is 3.76. The third kappa shape index (κ3) is 6.46. The van der Waals surface area contributed by atoms with Gasteiger partial charge in [-0.15, -0.1) is 0 Å². The molecule has 1 saturated heterocycles. The lowest BCUT2D eigenvalue weighted by atomic mass is 10.1. The highest BCUT2D eigenvalue weighted by atomic mass is 16.5. The Hall–Kier alpha value is -2.60. The van der Waals surface area contributed by atoms with E-state index in [4.69, 9.17) is 4.74 Å². The van der Waals surface area contributed by atoms with E-state index in [1.165, 1.54) is 38.4 Å². The minimum absolute atomic E-state index is 0.0660. The van der Waals surface area contributed by atoms with Crippen molar-refractivity contribution in [3.05, 3.63) is 64.1 Å². The molecule has 0 bridgehead atoms. The van der Waals surface area contributed by atoms with Gasteiger partial charge in [0.1, 0.15) is 6.54 Å². The molecule has 1 aromatic carbocycles. The second-order valence-corrected chi connectivity index (χ2v) is 7.60. The summed E-state index contributed by atoms with van der Waals surface area (Å²) in [6, 6.07) is 11.7. The van der Waals surface area contributed by atoms with Crippen LogP contribution in [0.5, 0.6) is 5.75 Å². The lowest BCUT2D eigenvalue weighted by Crippen LogP contribution is -2.32. The van der Waals surface area contributed by atoms with Gasteiger partial charge < -0.3 is 14.6 Å².